The van der Waals surface area contributed by atoms with Gasteiger partial charge in [0.1, 0.15) is 0 Å². The van der Waals surface area contributed by atoms with E-state index in [-0.39, 0.29) is 5.91 Å². The van der Waals surface area contributed by atoms with Gasteiger partial charge in [-0.3, -0.25) is 4.79 Å². The molecule has 0 aliphatic heterocycles. The van der Waals surface area contributed by atoms with Crippen molar-refractivity contribution in [2.75, 3.05) is 5.32 Å². The quantitative estimate of drug-likeness (QED) is 0.606. The zero-order valence-electron chi connectivity index (χ0n) is 15.6. The van der Waals surface area contributed by atoms with Crippen LogP contribution in [-0.4, -0.2) is 18.0 Å². The van der Waals surface area contributed by atoms with E-state index in [0.29, 0.717) is 17.8 Å². The summed E-state index contributed by atoms with van der Waals surface area (Å²) in [5.74, 6) is -0.896. The lowest BCUT2D eigenvalue weighted by atomic mass is 10.1. The normalized spacial score (nSPS) is 11.3. The Bertz CT molecular complexity index is 927. The maximum atomic E-state index is 12.6. The van der Waals surface area contributed by atoms with E-state index < -0.39 is 12.1 Å². The van der Waals surface area contributed by atoms with Gasteiger partial charge in [0.05, 0.1) is 11.3 Å². The predicted molar refractivity (Wildman–Crippen MR) is 109 cm³/mol. The molecular formula is C23H22N2O3. The molecule has 1 unspecified atom stereocenters. The molecule has 0 radical (unpaired) electrons. The summed E-state index contributed by atoms with van der Waals surface area (Å²) in [7, 11) is 0. The Morgan fingerprint density at radius 1 is 0.857 bits per heavy atom. The average molecular weight is 374 g/mol. The molecule has 0 spiro atoms. The third-order valence-corrected chi connectivity index (χ3v) is 4.16. The smallest absolute Gasteiger partial charge is 0.341 e. The Balaban J connectivity index is 1.61. The van der Waals surface area contributed by atoms with Gasteiger partial charge in [0.25, 0.3) is 5.91 Å². The topological polar surface area (TPSA) is 67.4 Å². The minimum atomic E-state index is -0.902. The van der Waals surface area contributed by atoms with E-state index >= 15 is 0 Å². The second-order valence-electron chi connectivity index (χ2n) is 6.29. The van der Waals surface area contributed by atoms with Crippen molar-refractivity contribution in [3.63, 3.8) is 0 Å². The number of anilines is 2. The lowest BCUT2D eigenvalue weighted by Gasteiger charge is -2.16. The summed E-state index contributed by atoms with van der Waals surface area (Å²) in [5, 5.41) is 5.98. The zero-order valence-corrected chi connectivity index (χ0v) is 15.6. The van der Waals surface area contributed by atoms with Crippen LogP contribution in [0.3, 0.4) is 0 Å². The third kappa shape index (κ3) is 5.20. The minimum Gasteiger partial charge on any atom is -0.449 e. The fourth-order valence-corrected chi connectivity index (χ4v) is 2.65. The van der Waals surface area contributed by atoms with Crippen LogP contribution < -0.4 is 10.6 Å². The van der Waals surface area contributed by atoms with Crippen LogP contribution in [0.2, 0.25) is 0 Å². The molecule has 2 N–H and O–H groups in total. The highest BCUT2D eigenvalue weighted by Crippen LogP contribution is 2.21. The summed E-state index contributed by atoms with van der Waals surface area (Å²) in [5.41, 5.74) is 2.83. The molecule has 0 bridgehead atoms. The molecule has 3 rings (SSSR count). The highest BCUT2D eigenvalue weighted by molar-refractivity contribution is 5.98. The van der Waals surface area contributed by atoms with E-state index in [1.165, 1.54) is 0 Å². The third-order valence-electron chi connectivity index (χ3n) is 4.16. The van der Waals surface area contributed by atoms with Crippen molar-refractivity contribution in [1.29, 1.82) is 0 Å². The Hall–Kier alpha value is -3.60. The van der Waals surface area contributed by atoms with Gasteiger partial charge >= 0.3 is 5.97 Å². The standard InChI is InChI=1S/C23H22N2O3/c1-17(22(26)24-16-18-10-4-2-5-11-18)28-23(27)20-14-8-9-15-21(20)25-19-12-6-3-7-13-19/h2-15,17,25H,16H2,1H3,(H,24,26). The molecule has 3 aromatic rings. The summed E-state index contributed by atoms with van der Waals surface area (Å²) in [4.78, 5) is 24.9. The molecule has 0 aliphatic rings. The van der Waals surface area contributed by atoms with Gasteiger partial charge in [0, 0.05) is 12.2 Å². The fraction of sp³-hybridized carbons (Fsp3) is 0.130. The summed E-state index contributed by atoms with van der Waals surface area (Å²) < 4.78 is 5.37. The van der Waals surface area contributed by atoms with Crippen LogP contribution in [-0.2, 0) is 16.1 Å². The van der Waals surface area contributed by atoms with E-state index in [4.69, 9.17) is 4.74 Å². The van der Waals surface area contributed by atoms with Gasteiger partial charge in [-0.05, 0) is 36.8 Å². The van der Waals surface area contributed by atoms with Gasteiger partial charge in [-0.2, -0.15) is 0 Å². The van der Waals surface area contributed by atoms with Crippen molar-refractivity contribution in [3.8, 4) is 0 Å². The molecule has 0 heterocycles. The highest BCUT2D eigenvalue weighted by atomic mass is 16.5. The van der Waals surface area contributed by atoms with Crippen molar-refractivity contribution in [1.82, 2.24) is 5.32 Å². The molecule has 1 atom stereocenters. The summed E-state index contributed by atoms with van der Waals surface area (Å²) in [6.07, 6.45) is -0.902. The monoisotopic (exact) mass is 374 g/mol. The predicted octanol–water partition coefficient (Wildman–Crippen LogP) is 4.29. The van der Waals surface area contributed by atoms with Crippen molar-refractivity contribution in [2.24, 2.45) is 0 Å². The Kier molecular flexibility index (Phi) is 6.41. The minimum absolute atomic E-state index is 0.342. The van der Waals surface area contributed by atoms with Crippen molar-refractivity contribution in [2.45, 2.75) is 19.6 Å². The van der Waals surface area contributed by atoms with Crippen molar-refractivity contribution >= 4 is 23.3 Å². The number of hydrogen-bond donors (Lipinski definition) is 2. The molecule has 5 nitrogen and oxygen atoms in total. The molecule has 0 saturated carbocycles. The lowest BCUT2D eigenvalue weighted by Crippen LogP contribution is -2.35. The van der Waals surface area contributed by atoms with E-state index in [1.54, 1.807) is 25.1 Å². The van der Waals surface area contributed by atoms with Crippen LogP contribution in [0.5, 0.6) is 0 Å². The Morgan fingerprint density at radius 3 is 2.18 bits per heavy atom. The SMILES string of the molecule is CC(OC(=O)c1ccccc1Nc1ccccc1)C(=O)NCc1ccccc1. The average Bonchev–Trinajstić information content (AvgIpc) is 2.73. The molecule has 142 valence electrons. The molecule has 28 heavy (non-hydrogen) atoms. The van der Waals surface area contributed by atoms with Crippen molar-refractivity contribution < 1.29 is 14.3 Å². The van der Waals surface area contributed by atoms with Crippen LogP contribution in [0.15, 0.2) is 84.9 Å². The Morgan fingerprint density at radius 2 is 1.46 bits per heavy atom. The van der Waals surface area contributed by atoms with Gasteiger partial charge in [0.15, 0.2) is 6.10 Å². The zero-order chi connectivity index (χ0) is 19.8. The van der Waals surface area contributed by atoms with Crippen LogP contribution >= 0.6 is 0 Å². The van der Waals surface area contributed by atoms with Gasteiger partial charge in [-0.25, -0.2) is 4.79 Å². The number of ether oxygens (including phenoxy) is 1. The molecule has 0 saturated heterocycles. The number of rotatable bonds is 7. The number of nitrogens with one attached hydrogen (secondary N) is 2. The largest absolute Gasteiger partial charge is 0.449 e. The molecule has 0 aliphatic carbocycles. The second-order valence-corrected chi connectivity index (χ2v) is 6.29. The maximum Gasteiger partial charge on any atom is 0.341 e. The number of esters is 1. The number of carbonyl (C=O) groups excluding carboxylic acids is 2. The fourth-order valence-electron chi connectivity index (χ4n) is 2.65. The van der Waals surface area contributed by atoms with Crippen molar-refractivity contribution in [3.05, 3.63) is 96.1 Å². The summed E-state index contributed by atoms with van der Waals surface area (Å²) in [6.45, 7) is 1.94. The number of benzene rings is 3. The number of carbonyl (C=O) groups is 2. The second kappa shape index (κ2) is 9.37. The van der Waals surface area contributed by atoms with Gasteiger partial charge < -0.3 is 15.4 Å². The molecule has 3 aromatic carbocycles. The number of hydrogen-bond acceptors (Lipinski definition) is 4. The van der Waals surface area contributed by atoms with Gasteiger partial charge in [-0.15, -0.1) is 0 Å². The lowest BCUT2D eigenvalue weighted by molar-refractivity contribution is -0.129. The highest BCUT2D eigenvalue weighted by Gasteiger charge is 2.20. The summed E-state index contributed by atoms with van der Waals surface area (Å²) in [6, 6.07) is 26.1. The maximum absolute atomic E-state index is 12.6. The molecule has 0 fully saturated rings. The summed E-state index contributed by atoms with van der Waals surface area (Å²) >= 11 is 0. The molecule has 0 aromatic heterocycles. The van der Waals surface area contributed by atoms with Crippen LogP contribution in [0, 0.1) is 0 Å². The molecule has 1 amide bonds. The van der Waals surface area contributed by atoms with E-state index in [1.807, 2.05) is 66.7 Å². The van der Waals surface area contributed by atoms with Gasteiger partial charge in [0.2, 0.25) is 0 Å². The van der Waals surface area contributed by atoms with Crippen LogP contribution in [0.1, 0.15) is 22.8 Å². The van der Waals surface area contributed by atoms with E-state index in [0.717, 1.165) is 11.3 Å². The first kappa shape index (κ1) is 19.2. The molecule has 5 heteroatoms. The van der Waals surface area contributed by atoms with Crippen LogP contribution in [0.4, 0.5) is 11.4 Å². The van der Waals surface area contributed by atoms with E-state index in [2.05, 4.69) is 10.6 Å². The first-order chi connectivity index (χ1) is 13.6. The number of para-hydroxylation sites is 2. The number of amides is 1. The first-order valence-electron chi connectivity index (χ1n) is 9.07. The Labute approximate surface area is 164 Å². The van der Waals surface area contributed by atoms with Gasteiger partial charge in [-0.1, -0.05) is 60.7 Å². The molecular weight excluding hydrogens is 352 g/mol. The van der Waals surface area contributed by atoms with E-state index in [9.17, 15) is 9.59 Å². The van der Waals surface area contributed by atoms with Crippen LogP contribution in [0.25, 0.3) is 0 Å². The first-order valence-corrected chi connectivity index (χ1v) is 9.07.